The minimum absolute atomic E-state index is 0.150. The lowest BCUT2D eigenvalue weighted by Gasteiger charge is -2.37. The summed E-state index contributed by atoms with van der Waals surface area (Å²) in [4.78, 5) is 8.70. The summed E-state index contributed by atoms with van der Waals surface area (Å²) in [7, 11) is 1.81. The van der Waals surface area contributed by atoms with Gasteiger partial charge in [-0.15, -0.1) is 0 Å². The molecule has 1 fully saturated rings. The number of hydrogen-bond donors (Lipinski definition) is 1. The first-order chi connectivity index (χ1) is 11.8. The number of halogens is 1. The molecule has 1 aliphatic heterocycles. The van der Waals surface area contributed by atoms with Gasteiger partial charge in [0.25, 0.3) is 0 Å². The summed E-state index contributed by atoms with van der Waals surface area (Å²) >= 11 is 0. The normalized spacial score (nSPS) is 15.7. The molecule has 0 spiro atoms. The molecule has 6 heteroatoms. The molecule has 0 bridgehead atoms. The molecular formula is C18H29FN4O. The van der Waals surface area contributed by atoms with Crippen LogP contribution in [0.1, 0.15) is 19.8 Å². The van der Waals surface area contributed by atoms with Gasteiger partial charge in [0, 0.05) is 53.0 Å². The molecule has 1 aromatic carbocycles. The molecule has 0 unspecified atom stereocenters. The maximum Gasteiger partial charge on any atom is 0.193 e. The molecule has 1 N–H and O–H groups in total. The zero-order valence-electron chi connectivity index (χ0n) is 14.8. The summed E-state index contributed by atoms with van der Waals surface area (Å²) < 4.78 is 19.2. The third kappa shape index (κ3) is 5.37. The van der Waals surface area contributed by atoms with Gasteiger partial charge < -0.3 is 19.9 Å². The van der Waals surface area contributed by atoms with Crippen molar-refractivity contribution in [3.8, 4) is 0 Å². The largest absolute Gasteiger partial charge is 0.382 e. The van der Waals surface area contributed by atoms with E-state index in [0.29, 0.717) is 5.69 Å². The fourth-order valence-electron chi connectivity index (χ4n) is 2.87. The summed E-state index contributed by atoms with van der Waals surface area (Å²) in [6.45, 7) is 7.78. The monoisotopic (exact) mass is 336 g/mol. The molecule has 2 rings (SSSR count). The molecular weight excluding hydrogens is 307 g/mol. The van der Waals surface area contributed by atoms with E-state index in [0.717, 1.165) is 64.7 Å². The maximum atomic E-state index is 13.9. The molecule has 24 heavy (non-hydrogen) atoms. The Morgan fingerprint density at radius 1 is 1.21 bits per heavy atom. The molecule has 0 amide bonds. The lowest BCUT2D eigenvalue weighted by atomic mass is 10.2. The molecule has 1 saturated heterocycles. The Kier molecular flexibility index (Phi) is 7.82. The minimum atomic E-state index is -0.150. The van der Waals surface area contributed by atoms with Gasteiger partial charge in [0.2, 0.25) is 0 Å². The number of para-hydroxylation sites is 1. The van der Waals surface area contributed by atoms with Crippen LogP contribution in [0.3, 0.4) is 0 Å². The minimum Gasteiger partial charge on any atom is -0.382 e. The zero-order valence-corrected chi connectivity index (χ0v) is 14.8. The lowest BCUT2D eigenvalue weighted by molar-refractivity contribution is 0.143. The lowest BCUT2D eigenvalue weighted by Crippen LogP contribution is -2.52. The first-order valence-corrected chi connectivity index (χ1v) is 8.79. The molecule has 1 heterocycles. The highest BCUT2D eigenvalue weighted by Gasteiger charge is 2.21. The number of guanidine groups is 1. The third-order valence-corrected chi connectivity index (χ3v) is 4.19. The van der Waals surface area contributed by atoms with Crippen LogP contribution in [0.25, 0.3) is 0 Å². The number of unbranched alkanes of at least 4 members (excludes halogenated alkanes) is 1. The Labute approximate surface area is 144 Å². The van der Waals surface area contributed by atoms with Crippen LogP contribution in [0.15, 0.2) is 29.3 Å². The highest BCUT2D eigenvalue weighted by molar-refractivity contribution is 5.80. The van der Waals surface area contributed by atoms with Crippen molar-refractivity contribution in [3.63, 3.8) is 0 Å². The van der Waals surface area contributed by atoms with Crippen LogP contribution in [0, 0.1) is 5.82 Å². The first-order valence-electron chi connectivity index (χ1n) is 8.79. The van der Waals surface area contributed by atoms with Crippen LogP contribution in [0.2, 0.25) is 0 Å². The fourth-order valence-corrected chi connectivity index (χ4v) is 2.87. The Hall–Kier alpha value is -1.82. The topological polar surface area (TPSA) is 40.1 Å². The SMILES string of the molecule is CCOCCCCNC(=NC)N1CCN(c2ccccc2F)CC1. The van der Waals surface area contributed by atoms with Gasteiger partial charge in [-0.1, -0.05) is 12.1 Å². The van der Waals surface area contributed by atoms with E-state index in [1.165, 1.54) is 6.07 Å². The Balaban J connectivity index is 1.75. The second-order valence-electron chi connectivity index (χ2n) is 5.80. The second-order valence-corrected chi connectivity index (χ2v) is 5.80. The number of hydrogen-bond acceptors (Lipinski definition) is 3. The number of nitrogens with zero attached hydrogens (tertiary/aromatic N) is 3. The van der Waals surface area contributed by atoms with Crippen molar-refractivity contribution in [1.82, 2.24) is 10.2 Å². The van der Waals surface area contributed by atoms with Crippen LogP contribution in [0.4, 0.5) is 10.1 Å². The second kappa shape index (κ2) is 10.1. The number of aliphatic imine (C=N–C) groups is 1. The van der Waals surface area contributed by atoms with E-state index < -0.39 is 0 Å². The Morgan fingerprint density at radius 3 is 2.62 bits per heavy atom. The van der Waals surface area contributed by atoms with E-state index in [2.05, 4.69) is 20.1 Å². The van der Waals surface area contributed by atoms with E-state index in [9.17, 15) is 4.39 Å². The highest BCUT2D eigenvalue weighted by Crippen LogP contribution is 2.20. The van der Waals surface area contributed by atoms with Crippen LogP contribution in [0.5, 0.6) is 0 Å². The average Bonchev–Trinajstić information content (AvgIpc) is 2.62. The van der Waals surface area contributed by atoms with Crippen molar-refractivity contribution in [2.24, 2.45) is 4.99 Å². The first kappa shape index (κ1) is 18.5. The Bertz CT molecular complexity index is 515. The molecule has 5 nitrogen and oxygen atoms in total. The number of anilines is 1. The van der Waals surface area contributed by atoms with Gasteiger partial charge in [0.1, 0.15) is 5.82 Å². The summed E-state index contributed by atoms with van der Waals surface area (Å²) in [5.41, 5.74) is 0.691. The van der Waals surface area contributed by atoms with Crippen molar-refractivity contribution in [2.45, 2.75) is 19.8 Å². The Morgan fingerprint density at radius 2 is 1.96 bits per heavy atom. The van der Waals surface area contributed by atoms with Gasteiger partial charge in [0.05, 0.1) is 5.69 Å². The molecule has 0 aliphatic carbocycles. The van der Waals surface area contributed by atoms with Crippen LogP contribution in [-0.4, -0.2) is 63.8 Å². The van der Waals surface area contributed by atoms with Crippen molar-refractivity contribution >= 4 is 11.6 Å². The quantitative estimate of drug-likeness (QED) is 0.471. The van der Waals surface area contributed by atoms with Crippen molar-refractivity contribution in [2.75, 3.05) is 57.9 Å². The van der Waals surface area contributed by atoms with Gasteiger partial charge in [-0.05, 0) is 31.9 Å². The number of nitrogens with one attached hydrogen (secondary N) is 1. The van der Waals surface area contributed by atoms with Crippen LogP contribution in [-0.2, 0) is 4.74 Å². The average molecular weight is 336 g/mol. The molecule has 0 atom stereocenters. The van der Waals surface area contributed by atoms with Gasteiger partial charge in [-0.3, -0.25) is 4.99 Å². The molecule has 0 aromatic heterocycles. The van der Waals surface area contributed by atoms with Crippen LogP contribution >= 0.6 is 0 Å². The molecule has 1 aromatic rings. The summed E-state index contributed by atoms with van der Waals surface area (Å²) in [5.74, 6) is 0.780. The molecule has 1 aliphatic rings. The number of rotatable bonds is 7. The van der Waals surface area contributed by atoms with Gasteiger partial charge in [0.15, 0.2) is 5.96 Å². The summed E-state index contributed by atoms with van der Waals surface area (Å²) in [5, 5.41) is 3.41. The predicted molar refractivity (Wildman–Crippen MR) is 97.3 cm³/mol. The van der Waals surface area contributed by atoms with Gasteiger partial charge in [-0.25, -0.2) is 4.39 Å². The maximum absolute atomic E-state index is 13.9. The van der Waals surface area contributed by atoms with Crippen LogP contribution < -0.4 is 10.2 Å². The smallest absolute Gasteiger partial charge is 0.193 e. The van der Waals surface area contributed by atoms with Crippen molar-refractivity contribution < 1.29 is 9.13 Å². The van der Waals surface area contributed by atoms with Gasteiger partial charge >= 0.3 is 0 Å². The molecule has 0 radical (unpaired) electrons. The van der Waals surface area contributed by atoms with Gasteiger partial charge in [-0.2, -0.15) is 0 Å². The zero-order chi connectivity index (χ0) is 17.2. The van der Waals surface area contributed by atoms with E-state index >= 15 is 0 Å². The summed E-state index contributed by atoms with van der Waals surface area (Å²) in [6, 6.07) is 6.97. The van der Waals surface area contributed by atoms with E-state index in [-0.39, 0.29) is 5.82 Å². The highest BCUT2D eigenvalue weighted by atomic mass is 19.1. The van der Waals surface area contributed by atoms with E-state index in [1.54, 1.807) is 6.07 Å². The predicted octanol–water partition coefficient (Wildman–Crippen LogP) is 2.34. The summed E-state index contributed by atoms with van der Waals surface area (Å²) in [6.07, 6.45) is 2.12. The van der Waals surface area contributed by atoms with E-state index in [4.69, 9.17) is 4.74 Å². The molecule has 0 saturated carbocycles. The third-order valence-electron chi connectivity index (χ3n) is 4.19. The number of benzene rings is 1. The standard InChI is InChI=1S/C18H29FN4O/c1-3-24-15-7-6-10-21-18(20-2)23-13-11-22(12-14-23)17-9-5-4-8-16(17)19/h4-5,8-9H,3,6-7,10-15H2,1-2H3,(H,20,21). The molecule has 134 valence electrons. The number of piperazine rings is 1. The van der Waals surface area contributed by atoms with Crippen molar-refractivity contribution in [3.05, 3.63) is 30.1 Å². The fraction of sp³-hybridized carbons (Fsp3) is 0.611. The number of ether oxygens (including phenoxy) is 1. The van der Waals surface area contributed by atoms with Crippen molar-refractivity contribution in [1.29, 1.82) is 0 Å². The van der Waals surface area contributed by atoms with E-state index in [1.807, 2.05) is 26.1 Å².